The predicted molar refractivity (Wildman–Crippen MR) is 114 cm³/mol. The highest BCUT2D eigenvalue weighted by Gasteiger charge is 2.24. The first-order valence-corrected chi connectivity index (χ1v) is 10.8. The monoisotopic (exact) mass is 392 g/mol. The summed E-state index contributed by atoms with van der Waals surface area (Å²) in [5.41, 5.74) is 1.05. The Morgan fingerprint density at radius 3 is 1.86 bits per heavy atom. The van der Waals surface area contributed by atoms with Crippen LogP contribution in [0.15, 0.2) is 24.3 Å². The Kier molecular flexibility index (Phi) is 9.71. The van der Waals surface area contributed by atoms with Gasteiger partial charge in [0.25, 0.3) is 0 Å². The van der Waals surface area contributed by atoms with Crippen molar-refractivity contribution in [1.82, 2.24) is 14.7 Å². The molecule has 2 aliphatic heterocycles. The minimum absolute atomic E-state index is 0.203. The van der Waals surface area contributed by atoms with Gasteiger partial charge in [-0.05, 0) is 30.8 Å². The number of rotatable bonds is 5. The van der Waals surface area contributed by atoms with Crippen LogP contribution in [-0.4, -0.2) is 86.1 Å². The van der Waals surface area contributed by atoms with Crippen LogP contribution in [0, 0.1) is 5.82 Å². The van der Waals surface area contributed by atoms with Crippen LogP contribution in [0.2, 0.25) is 0 Å². The zero-order valence-electron chi connectivity index (χ0n) is 17.9. The second-order valence-electron chi connectivity index (χ2n) is 7.55. The van der Waals surface area contributed by atoms with E-state index in [1.165, 1.54) is 25.0 Å². The van der Waals surface area contributed by atoms with E-state index in [4.69, 9.17) is 0 Å². The summed E-state index contributed by atoms with van der Waals surface area (Å²) in [6.07, 6.45) is 2.64. The number of piperazine rings is 2. The standard InChI is InChI=1S/C18H27FN4O.C4H10/c1-2-20-7-13-23(14-8-20)18(24)15-21-9-11-22(12-10-21)17-5-3-16(19)4-6-17;1-3-4-2/h3-6H,2,7-15H2,1H3;3-4H2,1-2H3. The largest absolute Gasteiger partial charge is 0.369 e. The van der Waals surface area contributed by atoms with Gasteiger partial charge >= 0.3 is 0 Å². The maximum atomic E-state index is 13.0. The molecule has 2 heterocycles. The van der Waals surface area contributed by atoms with E-state index in [0.29, 0.717) is 6.54 Å². The van der Waals surface area contributed by atoms with E-state index < -0.39 is 0 Å². The molecule has 0 spiro atoms. The lowest BCUT2D eigenvalue weighted by atomic mass is 10.2. The predicted octanol–water partition coefficient (Wildman–Crippen LogP) is 2.92. The Morgan fingerprint density at radius 2 is 1.36 bits per heavy atom. The molecular weight excluding hydrogens is 355 g/mol. The zero-order chi connectivity index (χ0) is 20.4. The number of carbonyl (C=O) groups excluding carboxylic acids is 1. The molecule has 3 rings (SSSR count). The number of unbranched alkanes of at least 4 members (excludes halogenated alkanes) is 1. The van der Waals surface area contributed by atoms with E-state index in [9.17, 15) is 9.18 Å². The second kappa shape index (κ2) is 12.0. The fourth-order valence-electron chi connectivity index (χ4n) is 3.42. The Labute approximate surface area is 170 Å². The summed E-state index contributed by atoms with van der Waals surface area (Å²) >= 11 is 0. The van der Waals surface area contributed by atoms with Gasteiger partial charge in [0.1, 0.15) is 5.82 Å². The highest BCUT2D eigenvalue weighted by atomic mass is 19.1. The van der Waals surface area contributed by atoms with Gasteiger partial charge < -0.3 is 14.7 Å². The number of likely N-dealkylation sites (N-methyl/N-ethyl adjacent to an activating group) is 1. The number of anilines is 1. The van der Waals surface area contributed by atoms with E-state index >= 15 is 0 Å². The summed E-state index contributed by atoms with van der Waals surface area (Å²) in [5.74, 6) is 0.0483. The van der Waals surface area contributed by atoms with Crippen LogP contribution in [0.4, 0.5) is 10.1 Å². The summed E-state index contributed by atoms with van der Waals surface area (Å²) in [7, 11) is 0. The summed E-state index contributed by atoms with van der Waals surface area (Å²) in [6, 6.07) is 6.65. The summed E-state index contributed by atoms with van der Waals surface area (Å²) in [4.78, 5) is 21.3. The molecular formula is C22H37FN4O. The lowest BCUT2D eigenvalue weighted by Crippen LogP contribution is -2.53. The highest BCUT2D eigenvalue weighted by Crippen LogP contribution is 2.17. The second-order valence-corrected chi connectivity index (χ2v) is 7.55. The molecule has 2 fully saturated rings. The molecule has 1 amide bonds. The fraction of sp³-hybridized carbons (Fsp3) is 0.682. The quantitative estimate of drug-likeness (QED) is 0.771. The van der Waals surface area contributed by atoms with Gasteiger partial charge in [-0.25, -0.2) is 4.39 Å². The molecule has 0 aromatic heterocycles. The lowest BCUT2D eigenvalue weighted by Gasteiger charge is -2.38. The Hall–Kier alpha value is -1.66. The first-order valence-electron chi connectivity index (χ1n) is 10.8. The lowest BCUT2D eigenvalue weighted by molar-refractivity contribution is -0.134. The van der Waals surface area contributed by atoms with Gasteiger partial charge in [-0.15, -0.1) is 0 Å². The molecule has 6 heteroatoms. The minimum atomic E-state index is -0.203. The van der Waals surface area contributed by atoms with Crippen molar-refractivity contribution in [2.45, 2.75) is 33.6 Å². The van der Waals surface area contributed by atoms with Crippen molar-refractivity contribution < 1.29 is 9.18 Å². The van der Waals surface area contributed by atoms with Crippen molar-refractivity contribution in [3.63, 3.8) is 0 Å². The Balaban J connectivity index is 0.000000640. The molecule has 0 N–H and O–H groups in total. The molecule has 1 aromatic carbocycles. The van der Waals surface area contributed by atoms with Crippen LogP contribution < -0.4 is 4.90 Å². The number of amides is 1. The maximum absolute atomic E-state index is 13.0. The van der Waals surface area contributed by atoms with Crippen LogP contribution in [0.3, 0.4) is 0 Å². The molecule has 5 nitrogen and oxygen atoms in total. The summed E-state index contributed by atoms with van der Waals surface area (Å²) < 4.78 is 13.0. The van der Waals surface area contributed by atoms with Crippen LogP contribution in [-0.2, 0) is 4.79 Å². The highest BCUT2D eigenvalue weighted by molar-refractivity contribution is 5.78. The average molecular weight is 393 g/mol. The topological polar surface area (TPSA) is 30.0 Å². The van der Waals surface area contributed by atoms with Crippen molar-refractivity contribution in [1.29, 1.82) is 0 Å². The van der Waals surface area contributed by atoms with Crippen molar-refractivity contribution in [2.75, 3.05) is 70.3 Å². The van der Waals surface area contributed by atoms with Gasteiger partial charge in [-0.2, -0.15) is 0 Å². The number of carbonyl (C=O) groups is 1. The number of hydrogen-bond acceptors (Lipinski definition) is 4. The molecule has 28 heavy (non-hydrogen) atoms. The van der Waals surface area contributed by atoms with E-state index in [1.807, 2.05) is 17.0 Å². The van der Waals surface area contributed by atoms with Gasteiger partial charge in [0.15, 0.2) is 0 Å². The Morgan fingerprint density at radius 1 is 0.821 bits per heavy atom. The first kappa shape index (κ1) is 22.6. The van der Waals surface area contributed by atoms with Gasteiger partial charge in [-0.3, -0.25) is 9.69 Å². The van der Waals surface area contributed by atoms with Gasteiger partial charge in [0.05, 0.1) is 6.54 Å². The molecule has 158 valence electrons. The van der Waals surface area contributed by atoms with Crippen molar-refractivity contribution >= 4 is 11.6 Å². The SMILES string of the molecule is CCCC.CCN1CCN(C(=O)CN2CCN(c3ccc(F)cc3)CC2)CC1. The normalized spacial score (nSPS) is 18.6. The van der Waals surface area contributed by atoms with Crippen LogP contribution in [0.5, 0.6) is 0 Å². The van der Waals surface area contributed by atoms with Crippen LogP contribution in [0.1, 0.15) is 33.6 Å². The Bertz CT molecular complexity index is 562. The minimum Gasteiger partial charge on any atom is -0.369 e. The van der Waals surface area contributed by atoms with Gasteiger partial charge in [0, 0.05) is 58.0 Å². The summed E-state index contributed by atoms with van der Waals surface area (Å²) in [5, 5.41) is 0. The molecule has 0 radical (unpaired) electrons. The third-order valence-electron chi connectivity index (χ3n) is 5.60. The van der Waals surface area contributed by atoms with Crippen molar-refractivity contribution in [3.05, 3.63) is 30.1 Å². The first-order chi connectivity index (χ1) is 13.6. The van der Waals surface area contributed by atoms with E-state index in [0.717, 1.165) is 64.6 Å². The van der Waals surface area contributed by atoms with E-state index in [-0.39, 0.29) is 11.7 Å². The van der Waals surface area contributed by atoms with Crippen molar-refractivity contribution in [2.24, 2.45) is 0 Å². The van der Waals surface area contributed by atoms with E-state index in [1.54, 1.807) is 0 Å². The van der Waals surface area contributed by atoms with E-state index in [2.05, 4.69) is 35.5 Å². The van der Waals surface area contributed by atoms with Crippen molar-refractivity contribution in [3.8, 4) is 0 Å². The van der Waals surface area contributed by atoms with Crippen LogP contribution in [0.25, 0.3) is 0 Å². The zero-order valence-corrected chi connectivity index (χ0v) is 17.9. The fourth-order valence-corrected chi connectivity index (χ4v) is 3.42. The van der Waals surface area contributed by atoms with Crippen LogP contribution >= 0.6 is 0 Å². The number of hydrogen-bond donors (Lipinski definition) is 0. The number of halogens is 1. The third-order valence-corrected chi connectivity index (χ3v) is 5.60. The average Bonchev–Trinajstić information content (AvgIpc) is 2.75. The molecule has 0 bridgehead atoms. The maximum Gasteiger partial charge on any atom is 0.236 e. The van der Waals surface area contributed by atoms with Gasteiger partial charge in [0.2, 0.25) is 5.91 Å². The molecule has 0 atom stereocenters. The molecule has 0 aliphatic carbocycles. The third kappa shape index (κ3) is 7.06. The molecule has 2 aliphatic rings. The molecule has 0 saturated carbocycles. The molecule has 2 saturated heterocycles. The molecule has 0 unspecified atom stereocenters. The number of benzene rings is 1. The summed E-state index contributed by atoms with van der Waals surface area (Å²) in [6.45, 7) is 15.3. The number of nitrogens with zero attached hydrogens (tertiary/aromatic N) is 4. The smallest absolute Gasteiger partial charge is 0.236 e. The van der Waals surface area contributed by atoms with Gasteiger partial charge in [-0.1, -0.05) is 33.6 Å². The molecule has 1 aromatic rings.